The number of non-ortho nitro benzene ring substituents is 1. The van der Waals surface area contributed by atoms with Gasteiger partial charge < -0.3 is 20.5 Å². The fraction of sp³-hybridized carbons (Fsp3) is 0.414. The molecule has 4 rings (SSSR count). The van der Waals surface area contributed by atoms with Crippen LogP contribution in [0.2, 0.25) is 0 Å². The number of phenolic OH excluding ortho intramolecular Hbond substituents is 1. The highest BCUT2D eigenvalue weighted by Crippen LogP contribution is 2.51. The van der Waals surface area contributed by atoms with Crippen LogP contribution in [0.4, 0.5) is 28.6 Å². The van der Waals surface area contributed by atoms with Crippen LogP contribution in [0.1, 0.15) is 71.7 Å². The fourth-order valence-corrected chi connectivity index (χ4v) is 4.74. The van der Waals surface area contributed by atoms with Crippen molar-refractivity contribution in [1.82, 2.24) is 9.78 Å². The number of phenols is 1. The summed E-state index contributed by atoms with van der Waals surface area (Å²) in [5, 5.41) is 52.0. The van der Waals surface area contributed by atoms with Gasteiger partial charge >= 0.3 is 0 Å². The third-order valence-corrected chi connectivity index (χ3v) is 6.74. The zero-order chi connectivity index (χ0) is 31.0. The molecule has 13 heteroatoms. The summed E-state index contributed by atoms with van der Waals surface area (Å²) >= 11 is 0. The van der Waals surface area contributed by atoms with E-state index in [0.29, 0.717) is 28.3 Å². The molecular formula is C29H34N8O5. The summed E-state index contributed by atoms with van der Waals surface area (Å²) in [4.78, 5) is 23.3. The zero-order valence-corrected chi connectivity index (χ0v) is 24.6. The number of azo groups is 1. The number of aromatic hydroxyl groups is 1. The van der Waals surface area contributed by atoms with Crippen LogP contribution < -0.4 is 10.6 Å². The number of anilines is 2. The first-order valence-corrected chi connectivity index (χ1v) is 13.4. The minimum Gasteiger partial charge on any atom is -0.505 e. The van der Waals surface area contributed by atoms with Crippen LogP contribution in [0, 0.1) is 21.4 Å². The predicted octanol–water partition coefficient (Wildman–Crippen LogP) is 6.48. The number of rotatable bonds is 8. The third-order valence-electron chi connectivity index (χ3n) is 6.74. The highest BCUT2D eigenvalue weighted by Gasteiger charge is 2.37. The second-order valence-corrected chi connectivity index (χ2v) is 12.0. The van der Waals surface area contributed by atoms with Crippen LogP contribution in [0.5, 0.6) is 5.75 Å². The van der Waals surface area contributed by atoms with Crippen LogP contribution in [-0.2, 0) is 20.4 Å². The molecular weight excluding hydrogens is 540 g/mol. The van der Waals surface area contributed by atoms with Crippen molar-refractivity contribution >= 4 is 34.5 Å². The number of aromatic nitrogens is 2. The maximum Gasteiger partial charge on any atom is 0.269 e. The molecule has 220 valence electrons. The molecule has 0 bridgehead atoms. The number of benzene rings is 2. The number of amides is 1. The van der Waals surface area contributed by atoms with Gasteiger partial charge in [-0.1, -0.05) is 34.6 Å². The summed E-state index contributed by atoms with van der Waals surface area (Å²) in [6.45, 7) is 13.3. The maximum atomic E-state index is 12.6. The number of nitriles is 1. The Hall–Kier alpha value is -4.83. The lowest BCUT2D eigenvalue weighted by molar-refractivity contribution is -0.384. The molecule has 0 unspecified atom stereocenters. The molecule has 42 heavy (non-hydrogen) atoms. The normalized spacial score (nSPS) is 14.5. The summed E-state index contributed by atoms with van der Waals surface area (Å²) < 4.78 is 7.01. The number of nitro benzene ring substituents is 1. The molecule has 1 aliphatic heterocycles. The van der Waals surface area contributed by atoms with E-state index in [4.69, 9.17) is 4.74 Å². The number of carbonyl (C=O) groups is 1. The predicted molar refractivity (Wildman–Crippen MR) is 157 cm³/mol. The van der Waals surface area contributed by atoms with Crippen molar-refractivity contribution in [2.24, 2.45) is 10.2 Å². The summed E-state index contributed by atoms with van der Waals surface area (Å²) in [5.74, 6) is -0.169. The molecule has 0 radical (unpaired) electrons. The lowest BCUT2D eigenvalue weighted by atomic mass is 9.77. The SMILES string of the molecule is CC(C)OCNc1cc(N=Nc2c(C#N)c(C(C)(C)C)nn2-c2ccc([N+](=O)[O-])cc2)c2c(c1O)C(C)(C)CC(=O)N2. The van der Waals surface area contributed by atoms with Gasteiger partial charge in [-0.3, -0.25) is 14.9 Å². The monoisotopic (exact) mass is 574 g/mol. The molecule has 2 heterocycles. The molecule has 1 amide bonds. The number of nitrogens with zero attached hydrogens (tertiary/aromatic N) is 6. The van der Waals surface area contributed by atoms with Crippen molar-refractivity contribution in [1.29, 1.82) is 5.26 Å². The van der Waals surface area contributed by atoms with Gasteiger partial charge in [-0.2, -0.15) is 10.4 Å². The molecule has 3 aromatic rings. The Morgan fingerprint density at radius 2 is 1.95 bits per heavy atom. The number of hydrogen-bond acceptors (Lipinski definition) is 10. The molecule has 0 spiro atoms. The second-order valence-electron chi connectivity index (χ2n) is 12.0. The van der Waals surface area contributed by atoms with Crippen molar-refractivity contribution in [3.8, 4) is 17.5 Å². The molecule has 0 atom stereocenters. The maximum absolute atomic E-state index is 12.6. The highest BCUT2D eigenvalue weighted by molar-refractivity contribution is 6.01. The van der Waals surface area contributed by atoms with Crippen molar-refractivity contribution < 1.29 is 19.6 Å². The molecule has 1 aromatic heterocycles. The number of nitrogens with one attached hydrogen (secondary N) is 2. The number of ether oxygens (including phenoxy) is 1. The smallest absolute Gasteiger partial charge is 0.269 e. The van der Waals surface area contributed by atoms with Crippen LogP contribution in [0.15, 0.2) is 40.6 Å². The van der Waals surface area contributed by atoms with E-state index in [-0.39, 0.29) is 53.7 Å². The topological polar surface area (TPSA) is 180 Å². The van der Waals surface area contributed by atoms with Crippen molar-refractivity contribution in [3.05, 3.63) is 57.3 Å². The van der Waals surface area contributed by atoms with Crippen molar-refractivity contribution in [3.63, 3.8) is 0 Å². The van der Waals surface area contributed by atoms with Crippen LogP contribution in [-0.4, -0.2) is 38.6 Å². The second kappa shape index (κ2) is 11.2. The minimum absolute atomic E-state index is 0.0371. The summed E-state index contributed by atoms with van der Waals surface area (Å²) in [6, 6.07) is 9.44. The van der Waals surface area contributed by atoms with Gasteiger partial charge in [0, 0.05) is 34.9 Å². The average Bonchev–Trinajstić information content (AvgIpc) is 3.27. The third kappa shape index (κ3) is 5.94. The van der Waals surface area contributed by atoms with E-state index in [0.717, 1.165) is 0 Å². The Labute approximate surface area is 243 Å². The molecule has 3 N–H and O–H groups in total. The van der Waals surface area contributed by atoms with E-state index in [9.17, 15) is 25.3 Å². The van der Waals surface area contributed by atoms with E-state index in [1.807, 2.05) is 48.5 Å². The summed E-state index contributed by atoms with van der Waals surface area (Å²) in [6.07, 6.45) is 0.101. The van der Waals surface area contributed by atoms with Gasteiger partial charge in [0.1, 0.15) is 29.8 Å². The van der Waals surface area contributed by atoms with E-state index < -0.39 is 15.8 Å². The van der Waals surface area contributed by atoms with Gasteiger partial charge in [-0.25, -0.2) is 4.68 Å². The van der Waals surface area contributed by atoms with Crippen LogP contribution >= 0.6 is 0 Å². The Morgan fingerprint density at radius 3 is 2.52 bits per heavy atom. The van der Waals surface area contributed by atoms with E-state index >= 15 is 0 Å². The minimum atomic E-state index is -0.722. The Balaban J connectivity index is 1.91. The Morgan fingerprint density at radius 1 is 1.29 bits per heavy atom. The zero-order valence-electron chi connectivity index (χ0n) is 24.6. The van der Waals surface area contributed by atoms with Crippen LogP contribution in [0.25, 0.3) is 5.69 Å². The van der Waals surface area contributed by atoms with Crippen molar-refractivity contribution in [2.75, 3.05) is 17.4 Å². The standard InChI is InChI=1S/C29H34N8O5/c1-16(2)42-15-31-21-12-20(24-23(25(21)39)29(6,7)13-22(38)32-24)33-34-27-19(14-30)26(28(3,4)5)35-36(27)17-8-10-18(11-9-17)37(40)41/h8-12,16,31,39H,13,15H2,1-7H3,(H,32,38). The van der Waals surface area contributed by atoms with Gasteiger partial charge in [0.2, 0.25) is 5.91 Å². The number of nitro groups is 1. The van der Waals surface area contributed by atoms with E-state index in [1.165, 1.54) is 28.9 Å². The Bertz CT molecular complexity index is 1610. The lowest BCUT2D eigenvalue weighted by Gasteiger charge is -2.34. The quantitative estimate of drug-likeness (QED) is 0.0898. The van der Waals surface area contributed by atoms with Gasteiger partial charge in [-0.15, -0.1) is 10.2 Å². The first-order valence-electron chi connectivity index (χ1n) is 13.4. The average molecular weight is 575 g/mol. The largest absolute Gasteiger partial charge is 0.505 e. The molecule has 0 saturated carbocycles. The first-order chi connectivity index (χ1) is 19.6. The molecule has 13 nitrogen and oxygen atoms in total. The molecule has 1 aliphatic rings. The fourth-order valence-electron chi connectivity index (χ4n) is 4.74. The Kier molecular flexibility index (Phi) is 8.04. The molecule has 0 aliphatic carbocycles. The van der Waals surface area contributed by atoms with Crippen molar-refractivity contribution in [2.45, 2.75) is 71.8 Å². The number of hydrogen-bond donors (Lipinski definition) is 3. The molecule has 0 fully saturated rings. The van der Waals surface area contributed by atoms with E-state index in [2.05, 4.69) is 32.0 Å². The number of carbonyl (C=O) groups excluding carboxylic acids is 1. The van der Waals surface area contributed by atoms with E-state index in [1.54, 1.807) is 6.07 Å². The summed E-state index contributed by atoms with van der Waals surface area (Å²) in [5.41, 5.74) is 1.12. The molecule has 0 saturated heterocycles. The summed E-state index contributed by atoms with van der Waals surface area (Å²) in [7, 11) is 0. The highest BCUT2D eigenvalue weighted by atomic mass is 16.6. The van der Waals surface area contributed by atoms with Gasteiger partial charge in [0.25, 0.3) is 5.69 Å². The lowest BCUT2D eigenvalue weighted by Crippen LogP contribution is -2.32. The van der Waals surface area contributed by atoms with Gasteiger partial charge in [-0.05, 0) is 32.0 Å². The molecule has 2 aromatic carbocycles. The first kappa shape index (κ1) is 30.1. The number of fused-ring (bicyclic) bond motifs is 1. The van der Waals surface area contributed by atoms with Crippen LogP contribution in [0.3, 0.4) is 0 Å². The van der Waals surface area contributed by atoms with Gasteiger partial charge in [0.05, 0.1) is 33.8 Å². The van der Waals surface area contributed by atoms with Gasteiger partial charge in [0.15, 0.2) is 5.82 Å².